The van der Waals surface area contributed by atoms with Gasteiger partial charge in [0.05, 0.1) is 7.11 Å². The highest BCUT2D eigenvalue weighted by molar-refractivity contribution is 5.81. The number of aromatic nitrogens is 2. The number of carbonyl (C=O) groups is 1. The summed E-state index contributed by atoms with van der Waals surface area (Å²) in [6.07, 6.45) is 2.85. The van der Waals surface area contributed by atoms with E-state index in [1.54, 1.807) is 7.11 Å². The Labute approximate surface area is 141 Å². The molecule has 1 saturated carbocycles. The molecule has 24 heavy (non-hydrogen) atoms. The van der Waals surface area contributed by atoms with Gasteiger partial charge in [0.25, 0.3) is 0 Å². The molecule has 128 valence electrons. The van der Waals surface area contributed by atoms with Crippen molar-refractivity contribution >= 4 is 5.91 Å². The highest BCUT2D eigenvalue weighted by Gasteiger charge is 2.34. The highest BCUT2D eigenvalue weighted by Crippen LogP contribution is 2.32. The summed E-state index contributed by atoms with van der Waals surface area (Å²) in [5, 5.41) is 7.15. The first-order chi connectivity index (χ1) is 11.6. The molecule has 0 aliphatic heterocycles. The van der Waals surface area contributed by atoms with Gasteiger partial charge in [0.2, 0.25) is 17.6 Å². The Hall–Kier alpha value is -2.37. The zero-order chi connectivity index (χ0) is 17.1. The van der Waals surface area contributed by atoms with Crippen LogP contribution in [0.5, 0.6) is 5.75 Å². The van der Waals surface area contributed by atoms with Gasteiger partial charge in [-0.1, -0.05) is 37.6 Å². The van der Waals surface area contributed by atoms with Crippen LogP contribution in [0, 0.1) is 11.8 Å². The quantitative estimate of drug-likeness (QED) is 0.843. The van der Waals surface area contributed by atoms with E-state index in [1.165, 1.54) is 0 Å². The average molecular weight is 329 g/mol. The second-order valence-corrected chi connectivity index (χ2v) is 6.33. The molecule has 6 heteroatoms. The number of methoxy groups -OCH3 is 1. The largest absolute Gasteiger partial charge is 0.497 e. The molecule has 0 saturated heterocycles. The van der Waals surface area contributed by atoms with Crippen LogP contribution in [0.1, 0.15) is 45.0 Å². The molecule has 0 spiro atoms. The zero-order valence-corrected chi connectivity index (χ0v) is 14.3. The smallest absolute Gasteiger partial charge is 0.249 e. The SMILES string of the molecule is CC[C@@H](C)[C@H](NC(=O)C1CC1)c1nc(-c2cccc(OC)c2)no1. The van der Waals surface area contributed by atoms with E-state index in [0.717, 1.165) is 30.6 Å². The topological polar surface area (TPSA) is 77.2 Å². The predicted octanol–water partition coefficient (Wildman–Crippen LogP) is 3.36. The molecule has 1 N–H and O–H groups in total. The third kappa shape index (κ3) is 3.58. The van der Waals surface area contributed by atoms with Crippen LogP contribution < -0.4 is 10.1 Å². The molecule has 3 rings (SSSR count). The number of hydrogen-bond donors (Lipinski definition) is 1. The summed E-state index contributed by atoms with van der Waals surface area (Å²) in [4.78, 5) is 16.7. The van der Waals surface area contributed by atoms with E-state index >= 15 is 0 Å². The molecule has 1 aromatic carbocycles. The Morgan fingerprint density at radius 2 is 2.25 bits per heavy atom. The van der Waals surface area contributed by atoms with Crippen molar-refractivity contribution < 1.29 is 14.1 Å². The summed E-state index contributed by atoms with van der Waals surface area (Å²) in [6, 6.07) is 7.25. The van der Waals surface area contributed by atoms with Gasteiger partial charge >= 0.3 is 0 Å². The van der Waals surface area contributed by atoms with E-state index in [4.69, 9.17) is 9.26 Å². The number of hydrogen-bond acceptors (Lipinski definition) is 5. The second kappa shape index (κ2) is 7.03. The van der Waals surface area contributed by atoms with Crippen molar-refractivity contribution in [3.8, 4) is 17.1 Å². The molecule has 2 aromatic rings. The van der Waals surface area contributed by atoms with Crippen molar-refractivity contribution in [2.75, 3.05) is 7.11 Å². The second-order valence-electron chi connectivity index (χ2n) is 6.33. The Kier molecular flexibility index (Phi) is 4.83. The first kappa shape index (κ1) is 16.5. The van der Waals surface area contributed by atoms with Gasteiger partial charge in [-0.2, -0.15) is 4.98 Å². The van der Waals surface area contributed by atoms with Gasteiger partial charge < -0.3 is 14.6 Å². The van der Waals surface area contributed by atoms with Crippen LogP contribution >= 0.6 is 0 Å². The number of amides is 1. The van der Waals surface area contributed by atoms with E-state index in [0.29, 0.717) is 11.7 Å². The lowest BCUT2D eigenvalue weighted by atomic mass is 9.98. The van der Waals surface area contributed by atoms with E-state index in [9.17, 15) is 4.79 Å². The first-order valence-corrected chi connectivity index (χ1v) is 8.40. The monoisotopic (exact) mass is 329 g/mol. The van der Waals surface area contributed by atoms with Crippen LogP contribution in [0.15, 0.2) is 28.8 Å². The normalized spacial score (nSPS) is 16.5. The molecule has 0 unspecified atom stereocenters. The molecular formula is C18H23N3O3. The van der Waals surface area contributed by atoms with Gasteiger partial charge in [0.15, 0.2) is 0 Å². The molecule has 0 radical (unpaired) electrons. The molecule has 1 aliphatic carbocycles. The maximum atomic E-state index is 12.2. The molecule has 1 fully saturated rings. The maximum absolute atomic E-state index is 12.2. The van der Waals surface area contributed by atoms with E-state index < -0.39 is 0 Å². The number of ether oxygens (including phenoxy) is 1. The zero-order valence-electron chi connectivity index (χ0n) is 14.3. The number of rotatable bonds is 7. The fourth-order valence-electron chi connectivity index (χ4n) is 2.54. The number of nitrogens with zero attached hydrogens (tertiary/aromatic N) is 2. The van der Waals surface area contributed by atoms with Crippen molar-refractivity contribution in [2.45, 2.75) is 39.2 Å². The van der Waals surface area contributed by atoms with Gasteiger partial charge in [0.1, 0.15) is 11.8 Å². The Morgan fingerprint density at radius 1 is 1.46 bits per heavy atom. The number of benzene rings is 1. The Balaban J connectivity index is 1.83. The number of carbonyl (C=O) groups excluding carboxylic acids is 1. The van der Waals surface area contributed by atoms with Gasteiger partial charge in [-0.15, -0.1) is 0 Å². The van der Waals surface area contributed by atoms with Crippen molar-refractivity contribution in [3.63, 3.8) is 0 Å². The Bertz CT molecular complexity index is 709. The molecule has 1 aromatic heterocycles. The summed E-state index contributed by atoms with van der Waals surface area (Å²) in [5.41, 5.74) is 0.820. The maximum Gasteiger partial charge on any atom is 0.249 e. The third-order valence-corrected chi connectivity index (χ3v) is 4.49. The molecule has 1 aliphatic rings. The summed E-state index contributed by atoms with van der Waals surface area (Å²) in [7, 11) is 1.62. The van der Waals surface area contributed by atoms with Crippen molar-refractivity contribution in [1.29, 1.82) is 0 Å². The molecule has 6 nitrogen and oxygen atoms in total. The van der Waals surface area contributed by atoms with Gasteiger partial charge in [-0.05, 0) is 30.9 Å². The van der Waals surface area contributed by atoms with Crippen LogP contribution in [0.3, 0.4) is 0 Å². The molecule has 1 amide bonds. The van der Waals surface area contributed by atoms with Crippen LogP contribution in [0.2, 0.25) is 0 Å². The van der Waals surface area contributed by atoms with Crippen molar-refractivity contribution in [1.82, 2.24) is 15.5 Å². The molecular weight excluding hydrogens is 306 g/mol. The Morgan fingerprint density at radius 3 is 2.92 bits per heavy atom. The average Bonchev–Trinajstić information content (AvgIpc) is 3.36. The van der Waals surface area contributed by atoms with Crippen LogP contribution in [-0.4, -0.2) is 23.2 Å². The van der Waals surface area contributed by atoms with E-state index in [2.05, 4.69) is 29.3 Å². The van der Waals surface area contributed by atoms with Gasteiger partial charge in [-0.25, -0.2) is 0 Å². The summed E-state index contributed by atoms with van der Waals surface area (Å²) >= 11 is 0. The molecule has 0 bridgehead atoms. The van der Waals surface area contributed by atoms with Crippen LogP contribution in [0.25, 0.3) is 11.4 Å². The highest BCUT2D eigenvalue weighted by atomic mass is 16.5. The third-order valence-electron chi connectivity index (χ3n) is 4.49. The standard InChI is InChI=1S/C18H23N3O3/c1-4-11(2)15(19-17(22)12-8-9-12)18-20-16(21-24-18)13-6-5-7-14(10-13)23-3/h5-7,10-12,15H,4,8-9H2,1-3H3,(H,19,22)/t11-,15+/m1/s1. The van der Waals surface area contributed by atoms with Crippen LogP contribution in [-0.2, 0) is 4.79 Å². The van der Waals surface area contributed by atoms with Crippen molar-refractivity contribution in [2.24, 2.45) is 11.8 Å². The predicted molar refractivity (Wildman–Crippen MR) is 89.3 cm³/mol. The lowest BCUT2D eigenvalue weighted by Crippen LogP contribution is -2.33. The minimum Gasteiger partial charge on any atom is -0.497 e. The lowest BCUT2D eigenvalue weighted by Gasteiger charge is -2.20. The van der Waals surface area contributed by atoms with E-state index in [-0.39, 0.29) is 23.8 Å². The fraction of sp³-hybridized carbons (Fsp3) is 0.500. The summed E-state index contributed by atoms with van der Waals surface area (Å²) in [6.45, 7) is 4.16. The lowest BCUT2D eigenvalue weighted by molar-refractivity contribution is -0.123. The summed E-state index contributed by atoms with van der Waals surface area (Å²) < 4.78 is 10.7. The molecule has 2 atom stereocenters. The van der Waals surface area contributed by atoms with Crippen molar-refractivity contribution in [3.05, 3.63) is 30.2 Å². The fourth-order valence-corrected chi connectivity index (χ4v) is 2.54. The van der Waals surface area contributed by atoms with Crippen LogP contribution in [0.4, 0.5) is 0 Å². The minimum atomic E-state index is -0.255. The molecule has 1 heterocycles. The minimum absolute atomic E-state index is 0.0847. The van der Waals surface area contributed by atoms with Gasteiger partial charge in [-0.3, -0.25) is 4.79 Å². The first-order valence-electron chi connectivity index (χ1n) is 8.40. The number of nitrogens with one attached hydrogen (secondary N) is 1. The summed E-state index contributed by atoms with van der Waals surface area (Å²) in [5.74, 6) is 2.14. The van der Waals surface area contributed by atoms with Gasteiger partial charge in [0, 0.05) is 11.5 Å². The van der Waals surface area contributed by atoms with E-state index in [1.807, 2.05) is 24.3 Å².